The molecule has 0 amide bonds. The van der Waals surface area contributed by atoms with Gasteiger partial charge in [0.2, 0.25) is 5.43 Å². The van der Waals surface area contributed by atoms with E-state index in [-0.39, 0.29) is 10.9 Å². The summed E-state index contributed by atoms with van der Waals surface area (Å²) in [6, 6.07) is 3.61. The van der Waals surface area contributed by atoms with Gasteiger partial charge < -0.3 is 15.0 Å². The van der Waals surface area contributed by atoms with Crippen molar-refractivity contribution >= 4 is 22.6 Å². The van der Waals surface area contributed by atoms with Gasteiger partial charge in [-0.15, -0.1) is 0 Å². The number of carboxylic acid groups (broad SMARTS) is 1. The van der Waals surface area contributed by atoms with Crippen molar-refractivity contribution < 1.29 is 14.3 Å². The zero-order chi connectivity index (χ0) is 17.0. The Morgan fingerprint density at radius 2 is 1.96 bits per heavy atom. The number of rotatable bonds is 2. The third-order valence-electron chi connectivity index (χ3n) is 5.37. The molecule has 24 heavy (non-hydrogen) atoms. The topological polar surface area (TPSA) is 76.6 Å². The molecule has 0 spiro atoms. The van der Waals surface area contributed by atoms with Gasteiger partial charge in [-0.1, -0.05) is 0 Å². The fourth-order valence-corrected chi connectivity index (χ4v) is 3.94. The number of fused-ring (bicyclic) bond motifs is 3. The van der Waals surface area contributed by atoms with Gasteiger partial charge in [-0.3, -0.25) is 9.69 Å². The van der Waals surface area contributed by atoms with Crippen LogP contribution in [0.5, 0.6) is 0 Å². The molecule has 6 nitrogen and oxygen atoms in total. The van der Waals surface area contributed by atoms with Gasteiger partial charge in [-0.25, -0.2) is 9.18 Å². The molecule has 4 rings (SSSR count). The highest BCUT2D eigenvalue weighted by Gasteiger charge is 2.38. The molecule has 0 aliphatic carbocycles. The second-order valence-electron chi connectivity index (χ2n) is 6.64. The molecule has 2 N–H and O–H groups in total. The zero-order valence-electron chi connectivity index (χ0n) is 13.3. The lowest BCUT2D eigenvalue weighted by atomic mass is 10.1. The maximum absolute atomic E-state index is 14.6. The first-order valence-corrected chi connectivity index (χ1v) is 8.01. The molecule has 0 saturated carbocycles. The number of H-pyrrole nitrogens is 1. The quantitative estimate of drug-likeness (QED) is 0.875. The number of halogens is 1. The van der Waals surface area contributed by atoms with Crippen molar-refractivity contribution in [2.75, 3.05) is 25.0 Å². The Balaban J connectivity index is 1.78. The van der Waals surface area contributed by atoms with Crippen molar-refractivity contribution in [3.63, 3.8) is 0 Å². The Labute approximate surface area is 137 Å². The average molecular weight is 331 g/mol. The van der Waals surface area contributed by atoms with Crippen LogP contribution in [0.15, 0.2) is 23.1 Å². The number of aromatic amines is 1. The molecule has 2 unspecified atom stereocenters. The van der Waals surface area contributed by atoms with Gasteiger partial charge in [0.15, 0.2) is 0 Å². The number of piperazine rings is 1. The van der Waals surface area contributed by atoms with Crippen molar-refractivity contribution in [3.05, 3.63) is 39.9 Å². The van der Waals surface area contributed by atoms with Crippen LogP contribution in [0, 0.1) is 5.82 Å². The lowest BCUT2D eigenvalue weighted by molar-refractivity contribution is 0.0695. The van der Waals surface area contributed by atoms with Crippen LogP contribution < -0.4 is 10.3 Å². The maximum Gasteiger partial charge on any atom is 0.341 e. The fraction of sp³-hybridized carbons (Fsp3) is 0.412. The molecule has 126 valence electrons. The first kappa shape index (κ1) is 15.1. The average Bonchev–Trinajstić information content (AvgIpc) is 2.76. The van der Waals surface area contributed by atoms with E-state index in [0.717, 1.165) is 32.0 Å². The van der Waals surface area contributed by atoms with Gasteiger partial charge in [0.1, 0.15) is 11.4 Å². The fourth-order valence-electron chi connectivity index (χ4n) is 3.94. The molecule has 2 aromatic rings. The van der Waals surface area contributed by atoms with Crippen molar-refractivity contribution in [1.82, 2.24) is 9.88 Å². The van der Waals surface area contributed by atoms with Gasteiger partial charge in [-0.05, 0) is 32.0 Å². The number of nitrogens with zero attached hydrogens (tertiary/aromatic N) is 2. The molecule has 1 aromatic carbocycles. The van der Waals surface area contributed by atoms with E-state index in [1.165, 1.54) is 6.20 Å². The molecule has 2 aliphatic heterocycles. The minimum atomic E-state index is -1.32. The summed E-state index contributed by atoms with van der Waals surface area (Å²) in [5.41, 5.74) is -0.133. The number of anilines is 1. The van der Waals surface area contributed by atoms with Gasteiger partial charge in [0.25, 0.3) is 0 Å². The second kappa shape index (κ2) is 5.31. The molecule has 2 fully saturated rings. The summed E-state index contributed by atoms with van der Waals surface area (Å²) in [6.45, 7) is 1.51. The highest BCUT2D eigenvalue weighted by Crippen LogP contribution is 2.33. The zero-order valence-corrected chi connectivity index (χ0v) is 13.3. The van der Waals surface area contributed by atoms with E-state index in [1.54, 1.807) is 6.07 Å². The summed E-state index contributed by atoms with van der Waals surface area (Å²) < 4.78 is 14.6. The molecule has 2 bridgehead atoms. The molecule has 7 heteroatoms. The number of pyridine rings is 1. The van der Waals surface area contributed by atoms with Crippen LogP contribution in [0.4, 0.5) is 10.1 Å². The summed E-state index contributed by atoms with van der Waals surface area (Å²) in [4.78, 5) is 30.4. The number of carbonyl (C=O) groups is 1. The van der Waals surface area contributed by atoms with Crippen LogP contribution in [0.2, 0.25) is 0 Å². The van der Waals surface area contributed by atoms with E-state index in [2.05, 4.69) is 16.9 Å². The van der Waals surface area contributed by atoms with E-state index < -0.39 is 17.2 Å². The van der Waals surface area contributed by atoms with Crippen molar-refractivity contribution in [2.45, 2.75) is 24.9 Å². The molecular weight excluding hydrogens is 313 g/mol. The molecule has 1 aromatic heterocycles. The minimum Gasteiger partial charge on any atom is -0.477 e. The van der Waals surface area contributed by atoms with Gasteiger partial charge >= 0.3 is 5.97 Å². The highest BCUT2D eigenvalue weighted by atomic mass is 19.1. The number of hydrogen-bond acceptors (Lipinski definition) is 4. The summed E-state index contributed by atoms with van der Waals surface area (Å²) in [5, 5.41) is 9.08. The van der Waals surface area contributed by atoms with Crippen LogP contribution in [0.25, 0.3) is 10.9 Å². The predicted octanol–water partition coefficient (Wildman–Crippen LogP) is 1.65. The predicted molar refractivity (Wildman–Crippen MR) is 88.3 cm³/mol. The Morgan fingerprint density at radius 1 is 1.29 bits per heavy atom. The van der Waals surface area contributed by atoms with E-state index in [1.807, 2.05) is 4.90 Å². The second-order valence-corrected chi connectivity index (χ2v) is 6.64. The number of aromatic carboxylic acids is 1. The monoisotopic (exact) mass is 331 g/mol. The summed E-state index contributed by atoms with van der Waals surface area (Å²) in [6.07, 6.45) is 3.40. The first-order chi connectivity index (χ1) is 11.5. The summed E-state index contributed by atoms with van der Waals surface area (Å²) in [7, 11) is 2.11. The van der Waals surface area contributed by atoms with E-state index in [0.29, 0.717) is 23.3 Å². The van der Waals surface area contributed by atoms with Crippen LogP contribution in [0.1, 0.15) is 23.2 Å². The minimum absolute atomic E-state index is 0.0632. The van der Waals surface area contributed by atoms with Crippen molar-refractivity contribution in [3.8, 4) is 0 Å². The molecule has 2 atom stereocenters. The van der Waals surface area contributed by atoms with Gasteiger partial charge in [0, 0.05) is 36.8 Å². The van der Waals surface area contributed by atoms with Crippen LogP contribution >= 0.6 is 0 Å². The molecule has 0 radical (unpaired) electrons. The number of nitrogens with one attached hydrogen (secondary N) is 1. The number of aromatic nitrogens is 1. The number of likely N-dealkylation sites (N-methyl/N-ethyl adjacent to an activating group) is 1. The normalized spacial score (nSPS) is 23.8. The Kier molecular flexibility index (Phi) is 3.35. The number of benzene rings is 1. The number of hydrogen-bond donors (Lipinski definition) is 2. The summed E-state index contributed by atoms with van der Waals surface area (Å²) >= 11 is 0. The number of carboxylic acids is 1. The third kappa shape index (κ3) is 2.19. The molecular formula is C17H18FN3O3. The smallest absolute Gasteiger partial charge is 0.341 e. The van der Waals surface area contributed by atoms with Crippen LogP contribution in [-0.4, -0.2) is 53.2 Å². The molecule has 2 saturated heterocycles. The van der Waals surface area contributed by atoms with Crippen LogP contribution in [0.3, 0.4) is 0 Å². The van der Waals surface area contributed by atoms with Gasteiger partial charge in [0.05, 0.1) is 11.2 Å². The van der Waals surface area contributed by atoms with Crippen molar-refractivity contribution in [1.29, 1.82) is 0 Å². The van der Waals surface area contributed by atoms with E-state index in [9.17, 15) is 14.0 Å². The largest absolute Gasteiger partial charge is 0.477 e. The Hall–Kier alpha value is -2.41. The van der Waals surface area contributed by atoms with Crippen LogP contribution in [-0.2, 0) is 0 Å². The third-order valence-corrected chi connectivity index (χ3v) is 5.37. The SMILES string of the molecule is CN1C2CCC1CN(c1cc3[nH]cc(C(=O)O)c(=O)c3cc1F)C2. The maximum atomic E-state index is 14.6. The van der Waals surface area contributed by atoms with E-state index >= 15 is 0 Å². The van der Waals surface area contributed by atoms with Gasteiger partial charge in [-0.2, -0.15) is 0 Å². The summed E-state index contributed by atoms with van der Waals surface area (Å²) in [5.74, 6) is -1.81. The molecule has 2 aliphatic rings. The van der Waals surface area contributed by atoms with Crippen molar-refractivity contribution in [2.24, 2.45) is 0 Å². The lowest BCUT2D eigenvalue weighted by Gasteiger charge is -2.40. The first-order valence-electron chi connectivity index (χ1n) is 8.01. The lowest BCUT2D eigenvalue weighted by Crippen LogP contribution is -2.52. The van der Waals surface area contributed by atoms with E-state index in [4.69, 9.17) is 5.11 Å². The highest BCUT2D eigenvalue weighted by molar-refractivity contribution is 5.93. The Bertz CT molecular complexity index is 881. The standard InChI is InChI=1S/C17H18FN3O3/c1-20-9-2-3-10(20)8-21(7-9)15-5-14-11(4-13(15)18)16(22)12(6-19-14)17(23)24/h4-6,9-10H,2-3,7-8H2,1H3,(H,19,22)(H,23,24). The Morgan fingerprint density at radius 3 is 2.58 bits per heavy atom. The molecule has 3 heterocycles.